The summed E-state index contributed by atoms with van der Waals surface area (Å²) in [5.74, 6) is -0.512. The molecule has 10 nitrogen and oxygen atoms in total. The zero-order valence-corrected chi connectivity index (χ0v) is 11.1. The number of hydrogen-bond acceptors (Lipinski definition) is 7. The van der Waals surface area contributed by atoms with Crippen LogP contribution in [0.15, 0.2) is 21.9 Å². The molecule has 1 fully saturated rings. The second-order valence-corrected chi connectivity index (χ2v) is 4.50. The third kappa shape index (κ3) is 3.19. The lowest BCUT2D eigenvalue weighted by Crippen LogP contribution is -2.42. The molecular formula is C11H15N3O7. The molecule has 0 radical (unpaired) electrons. The number of hydrogen-bond donors (Lipinski definition) is 4. The molecule has 0 aliphatic carbocycles. The topological polar surface area (TPSA) is 143 Å². The van der Waals surface area contributed by atoms with Gasteiger partial charge in [-0.15, -0.1) is 0 Å². The fraction of sp³-hybridized carbons (Fsp3) is 0.545. The summed E-state index contributed by atoms with van der Waals surface area (Å²) in [4.78, 5) is 40.8. The summed E-state index contributed by atoms with van der Waals surface area (Å²) in [7, 11) is 0. The van der Waals surface area contributed by atoms with Gasteiger partial charge in [0.25, 0.3) is 5.56 Å². The van der Waals surface area contributed by atoms with E-state index in [2.05, 4.69) is 0 Å². The molecule has 10 heteroatoms. The van der Waals surface area contributed by atoms with Gasteiger partial charge < -0.3 is 14.9 Å². The molecule has 2 heterocycles. The Morgan fingerprint density at radius 3 is 2.86 bits per heavy atom. The van der Waals surface area contributed by atoms with Gasteiger partial charge in [0, 0.05) is 19.2 Å². The van der Waals surface area contributed by atoms with Crippen molar-refractivity contribution in [2.45, 2.75) is 31.5 Å². The van der Waals surface area contributed by atoms with Crippen LogP contribution >= 0.6 is 0 Å². The molecule has 116 valence electrons. The Labute approximate surface area is 117 Å². The third-order valence-electron chi connectivity index (χ3n) is 2.96. The molecule has 1 aromatic heterocycles. The molecule has 4 N–H and O–H groups in total. The van der Waals surface area contributed by atoms with Gasteiger partial charge in [-0.05, 0) is 0 Å². The number of amides is 1. The summed E-state index contributed by atoms with van der Waals surface area (Å²) in [6, 6.07) is 1.10. The molecule has 4 atom stereocenters. The Bertz CT molecular complexity index is 625. The lowest BCUT2D eigenvalue weighted by Gasteiger charge is -2.21. The van der Waals surface area contributed by atoms with E-state index in [9.17, 15) is 19.5 Å². The van der Waals surface area contributed by atoms with Gasteiger partial charge >= 0.3 is 5.69 Å². The molecule has 1 saturated heterocycles. The molecule has 1 aromatic rings. The van der Waals surface area contributed by atoms with Gasteiger partial charge in [0.15, 0.2) is 12.3 Å². The van der Waals surface area contributed by atoms with Crippen LogP contribution in [0.5, 0.6) is 0 Å². The molecule has 1 aliphatic rings. The number of aliphatic hydroxyl groups excluding tert-OH is 2. The van der Waals surface area contributed by atoms with Crippen molar-refractivity contribution in [1.82, 2.24) is 15.0 Å². The van der Waals surface area contributed by atoms with Gasteiger partial charge in [0.05, 0.1) is 6.61 Å². The number of nitrogens with one attached hydrogen (secondary N) is 2. The Kier molecular flexibility index (Phi) is 4.53. The molecule has 0 saturated carbocycles. The van der Waals surface area contributed by atoms with E-state index in [0.29, 0.717) is 0 Å². The first-order valence-electron chi connectivity index (χ1n) is 6.12. The summed E-state index contributed by atoms with van der Waals surface area (Å²) in [6.07, 6.45) is -3.34. The Morgan fingerprint density at radius 1 is 1.57 bits per heavy atom. The van der Waals surface area contributed by atoms with Crippen molar-refractivity contribution in [3.05, 3.63) is 33.1 Å². The second kappa shape index (κ2) is 6.18. The fourth-order valence-corrected chi connectivity index (χ4v) is 2.00. The van der Waals surface area contributed by atoms with E-state index in [-0.39, 0.29) is 0 Å². The van der Waals surface area contributed by atoms with Crippen LogP contribution in [0.3, 0.4) is 0 Å². The molecule has 0 spiro atoms. The van der Waals surface area contributed by atoms with Gasteiger partial charge in [-0.2, -0.15) is 0 Å². The summed E-state index contributed by atoms with van der Waals surface area (Å²) in [6.45, 7) is 0.697. The Hall–Kier alpha value is -2.01. The minimum atomic E-state index is -1.27. The van der Waals surface area contributed by atoms with Crippen LogP contribution in [0.25, 0.3) is 0 Å². The minimum Gasteiger partial charge on any atom is -0.394 e. The van der Waals surface area contributed by atoms with Crippen LogP contribution < -0.4 is 16.7 Å². The van der Waals surface area contributed by atoms with Crippen LogP contribution in [0.1, 0.15) is 13.2 Å². The third-order valence-corrected chi connectivity index (χ3v) is 2.96. The first-order valence-corrected chi connectivity index (χ1v) is 6.12. The van der Waals surface area contributed by atoms with Crippen molar-refractivity contribution in [3.63, 3.8) is 0 Å². The largest absolute Gasteiger partial charge is 0.394 e. The van der Waals surface area contributed by atoms with E-state index in [1.54, 1.807) is 0 Å². The van der Waals surface area contributed by atoms with E-state index in [4.69, 9.17) is 14.7 Å². The lowest BCUT2D eigenvalue weighted by atomic mass is 10.1. The SMILES string of the molecule is CC(=O)NOC1C(O)[C@H](CO)O[C@@H]1n1ccc(=O)[nH]c1=O. The maximum Gasteiger partial charge on any atom is 0.330 e. The number of H-pyrrole nitrogens is 1. The molecular weight excluding hydrogens is 286 g/mol. The van der Waals surface area contributed by atoms with Crippen LogP contribution in [0.2, 0.25) is 0 Å². The first-order chi connectivity index (χ1) is 9.93. The summed E-state index contributed by atoms with van der Waals surface area (Å²) in [5, 5.41) is 19.1. The minimum absolute atomic E-state index is 0.504. The predicted octanol–water partition coefficient (Wildman–Crippen LogP) is -2.78. The number of aliphatic hydroxyl groups is 2. The monoisotopic (exact) mass is 301 g/mol. The molecule has 21 heavy (non-hydrogen) atoms. The van der Waals surface area contributed by atoms with Gasteiger partial charge in [0.2, 0.25) is 5.91 Å². The van der Waals surface area contributed by atoms with Crippen molar-refractivity contribution in [2.75, 3.05) is 6.61 Å². The van der Waals surface area contributed by atoms with Gasteiger partial charge in [-0.1, -0.05) is 0 Å². The van der Waals surface area contributed by atoms with Gasteiger partial charge in [-0.25, -0.2) is 10.3 Å². The highest BCUT2D eigenvalue weighted by Crippen LogP contribution is 2.29. The van der Waals surface area contributed by atoms with E-state index in [1.165, 1.54) is 13.1 Å². The number of carbonyl (C=O) groups excluding carboxylic acids is 1. The number of nitrogens with zero attached hydrogens (tertiary/aromatic N) is 1. The Balaban J connectivity index is 2.31. The molecule has 2 rings (SSSR count). The number of rotatable bonds is 4. The van der Waals surface area contributed by atoms with E-state index < -0.39 is 48.3 Å². The fourth-order valence-electron chi connectivity index (χ4n) is 2.00. The van der Waals surface area contributed by atoms with Crippen LogP contribution in [0.4, 0.5) is 0 Å². The number of ether oxygens (including phenoxy) is 1. The number of carbonyl (C=O) groups is 1. The zero-order valence-electron chi connectivity index (χ0n) is 11.1. The van der Waals surface area contributed by atoms with Crippen LogP contribution in [-0.2, 0) is 14.4 Å². The number of hydroxylamine groups is 1. The summed E-state index contributed by atoms with van der Waals surface area (Å²) >= 11 is 0. The molecule has 0 bridgehead atoms. The van der Waals surface area contributed by atoms with Crippen molar-refractivity contribution in [1.29, 1.82) is 0 Å². The predicted molar refractivity (Wildman–Crippen MR) is 67.0 cm³/mol. The van der Waals surface area contributed by atoms with Crippen molar-refractivity contribution in [3.8, 4) is 0 Å². The van der Waals surface area contributed by atoms with E-state index in [0.717, 1.165) is 10.6 Å². The summed E-state index contributed by atoms with van der Waals surface area (Å²) < 4.78 is 6.33. The average molecular weight is 301 g/mol. The second-order valence-electron chi connectivity index (χ2n) is 4.50. The highest BCUT2D eigenvalue weighted by molar-refractivity contribution is 5.71. The standard InChI is InChI=1S/C11H15N3O7/c1-5(16)13-21-9-8(18)6(4-15)20-10(9)14-3-2-7(17)12-11(14)19/h2-3,6,8-10,15,18H,4H2,1H3,(H,13,16)(H,12,17,19)/t6-,8?,9?,10-/m0/s1. The number of aromatic amines is 1. The van der Waals surface area contributed by atoms with E-state index >= 15 is 0 Å². The molecule has 2 unspecified atom stereocenters. The van der Waals surface area contributed by atoms with Gasteiger partial charge in [-0.3, -0.25) is 24.0 Å². The van der Waals surface area contributed by atoms with E-state index in [1.807, 2.05) is 10.5 Å². The van der Waals surface area contributed by atoms with Crippen LogP contribution in [-0.4, -0.2) is 50.6 Å². The first kappa shape index (κ1) is 15.4. The Morgan fingerprint density at radius 2 is 2.29 bits per heavy atom. The lowest BCUT2D eigenvalue weighted by molar-refractivity contribution is -0.148. The summed E-state index contributed by atoms with van der Waals surface area (Å²) in [5.41, 5.74) is 0.686. The quantitative estimate of drug-likeness (QED) is 0.441. The van der Waals surface area contributed by atoms with Crippen LogP contribution in [0, 0.1) is 0 Å². The molecule has 1 aliphatic heterocycles. The molecule has 0 aromatic carbocycles. The average Bonchev–Trinajstić information content (AvgIpc) is 2.73. The molecule has 1 amide bonds. The maximum atomic E-state index is 11.8. The smallest absolute Gasteiger partial charge is 0.330 e. The van der Waals surface area contributed by atoms with Gasteiger partial charge in [0.1, 0.15) is 12.2 Å². The highest BCUT2D eigenvalue weighted by atomic mass is 16.7. The number of aromatic nitrogens is 2. The normalized spacial score (nSPS) is 28.5. The van der Waals surface area contributed by atoms with Crippen molar-refractivity contribution in [2.24, 2.45) is 0 Å². The van der Waals surface area contributed by atoms with Crippen molar-refractivity contribution < 1.29 is 24.6 Å². The zero-order chi connectivity index (χ0) is 15.6. The highest BCUT2D eigenvalue weighted by Gasteiger charge is 2.46. The maximum absolute atomic E-state index is 11.8. The van der Waals surface area contributed by atoms with Crippen molar-refractivity contribution >= 4 is 5.91 Å².